The van der Waals surface area contributed by atoms with Crippen LogP contribution < -0.4 is 15.4 Å². The first-order valence-corrected chi connectivity index (χ1v) is 5.98. The van der Waals surface area contributed by atoms with Crippen LogP contribution in [0.1, 0.15) is 13.3 Å². The van der Waals surface area contributed by atoms with E-state index in [9.17, 15) is 4.79 Å². The van der Waals surface area contributed by atoms with Gasteiger partial charge < -0.3 is 15.4 Å². The zero-order valence-electron chi connectivity index (χ0n) is 9.65. The number of carbonyl (C=O) groups is 1. The van der Waals surface area contributed by atoms with Gasteiger partial charge in [0.25, 0.3) is 0 Å². The first kappa shape index (κ1) is 12.2. The number of nitrogens with two attached hydrogens (primary N) is 1. The molecule has 2 N–H and O–H groups in total. The van der Waals surface area contributed by atoms with Crippen LogP contribution in [0.4, 0.5) is 5.69 Å². The fourth-order valence-electron chi connectivity index (χ4n) is 1.95. The molecule has 1 amide bonds. The van der Waals surface area contributed by atoms with Crippen molar-refractivity contribution in [1.82, 2.24) is 0 Å². The Morgan fingerprint density at radius 1 is 1.59 bits per heavy atom. The van der Waals surface area contributed by atoms with Gasteiger partial charge in [0.1, 0.15) is 5.75 Å². The predicted octanol–water partition coefficient (Wildman–Crippen LogP) is 1.80. The second-order valence-electron chi connectivity index (χ2n) is 4.01. The van der Waals surface area contributed by atoms with Crippen molar-refractivity contribution in [3.63, 3.8) is 0 Å². The summed E-state index contributed by atoms with van der Waals surface area (Å²) in [6.07, 6.45) is 0.383. The Bertz CT molecular complexity index is 437. The quantitative estimate of drug-likeness (QED) is 0.895. The molecular weight excluding hydrogens is 240 g/mol. The lowest BCUT2D eigenvalue weighted by Crippen LogP contribution is -2.28. The molecule has 92 valence electrons. The van der Waals surface area contributed by atoms with Crippen molar-refractivity contribution in [3.8, 4) is 5.75 Å². The summed E-state index contributed by atoms with van der Waals surface area (Å²) in [5.41, 5.74) is 6.52. The highest BCUT2D eigenvalue weighted by molar-refractivity contribution is 6.30. The van der Waals surface area contributed by atoms with Crippen LogP contribution in [0.5, 0.6) is 5.75 Å². The average Bonchev–Trinajstić information content (AvgIpc) is 2.59. The van der Waals surface area contributed by atoms with Crippen LogP contribution in [0.2, 0.25) is 5.02 Å². The van der Waals surface area contributed by atoms with E-state index in [1.54, 1.807) is 23.1 Å². The molecule has 2 rings (SSSR count). The minimum atomic E-state index is -0.104. The number of rotatable bonds is 3. The highest BCUT2D eigenvalue weighted by Crippen LogP contribution is 2.33. The van der Waals surface area contributed by atoms with Gasteiger partial charge in [-0.3, -0.25) is 4.79 Å². The molecule has 1 aromatic rings. The summed E-state index contributed by atoms with van der Waals surface area (Å²) in [6.45, 7) is 2.95. The second-order valence-corrected chi connectivity index (χ2v) is 4.45. The minimum absolute atomic E-state index is 0.0285. The Morgan fingerprint density at radius 3 is 2.94 bits per heavy atom. The number of ether oxygens (including phenoxy) is 1. The van der Waals surface area contributed by atoms with Crippen LogP contribution >= 0.6 is 11.6 Å². The molecule has 0 bridgehead atoms. The number of nitrogens with zero attached hydrogens (tertiary/aromatic N) is 1. The summed E-state index contributed by atoms with van der Waals surface area (Å²) < 4.78 is 5.49. The summed E-state index contributed by atoms with van der Waals surface area (Å²) in [4.78, 5) is 13.4. The van der Waals surface area contributed by atoms with Crippen molar-refractivity contribution < 1.29 is 9.53 Å². The molecule has 0 aliphatic carbocycles. The summed E-state index contributed by atoms with van der Waals surface area (Å²) in [5.74, 6) is 0.656. The molecule has 1 aromatic carbocycles. The lowest BCUT2D eigenvalue weighted by atomic mass is 10.2. The van der Waals surface area contributed by atoms with E-state index in [0.717, 1.165) is 5.69 Å². The maximum absolute atomic E-state index is 11.8. The number of amides is 1. The SMILES string of the molecule is CCOc1cc(Cl)ccc1N1CC(N)CC1=O. The van der Waals surface area contributed by atoms with Gasteiger partial charge in [0, 0.05) is 30.1 Å². The minimum Gasteiger partial charge on any atom is -0.492 e. The van der Waals surface area contributed by atoms with E-state index >= 15 is 0 Å². The average molecular weight is 255 g/mol. The first-order valence-electron chi connectivity index (χ1n) is 5.60. The number of carbonyl (C=O) groups excluding carboxylic acids is 1. The van der Waals surface area contributed by atoms with Crippen LogP contribution in [0.15, 0.2) is 18.2 Å². The Balaban J connectivity index is 2.34. The topological polar surface area (TPSA) is 55.6 Å². The highest BCUT2D eigenvalue weighted by atomic mass is 35.5. The number of anilines is 1. The van der Waals surface area contributed by atoms with E-state index in [2.05, 4.69) is 0 Å². The van der Waals surface area contributed by atoms with E-state index < -0.39 is 0 Å². The fourth-order valence-corrected chi connectivity index (χ4v) is 2.11. The third-order valence-electron chi connectivity index (χ3n) is 2.67. The maximum atomic E-state index is 11.8. The number of hydrogen-bond donors (Lipinski definition) is 1. The lowest BCUT2D eigenvalue weighted by Gasteiger charge is -2.20. The van der Waals surface area contributed by atoms with Crippen molar-refractivity contribution in [3.05, 3.63) is 23.2 Å². The number of benzene rings is 1. The molecule has 0 radical (unpaired) electrons. The van der Waals surface area contributed by atoms with Gasteiger partial charge in [0.05, 0.1) is 12.3 Å². The van der Waals surface area contributed by atoms with Crippen LogP contribution in [-0.4, -0.2) is 25.1 Å². The second kappa shape index (κ2) is 4.94. The Kier molecular flexibility index (Phi) is 3.54. The molecule has 1 unspecified atom stereocenters. The molecule has 1 aliphatic heterocycles. The molecule has 1 heterocycles. The largest absolute Gasteiger partial charge is 0.492 e. The summed E-state index contributed by atoms with van der Waals surface area (Å²) in [5, 5.41) is 0.591. The molecule has 1 fully saturated rings. The molecule has 0 aromatic heterocycles. The third kappa shape index (κ3) is 2.53. The molecule has 4 nitrogen and oxygen atoms in total. The third-order valence-corrected chi connectivity index (χ3v) is 2.90. The number of hydrogen-bond acceptors (Lipinski definition) is 3. The smallest absolute Gasteiger partial charge is 0.228 e. The maximum Gasteiger partial charge on any atom is 0.228 e. The van der Waals surface area contributed by atoms with Gasteiger partial charge in [0.2, 0.25) is 5.91 Å². The van der Waals surface area contributed by atoms with E-state index in [-0.39, 0.29) is 11.9 Å². The van der Waals surface area contributed by atoms with Crippen LogP contribution in [-0.2, 0) is 4.79 Å². The predicted molar refractivity (Wildman–Crippen MR) is 67.6 cm³/mol. The number of halogens is 1. The normalized spacial score (nSPS) is 19.8. The molecule has 1 saturated heterocycles. The molecule has 1 aliphatic rings. The van der Waals surface area contributed by atoms with Gasteiger partial charge in [-0.15, -0.1) is 0 Å². The van der Waals surface area contributed by atoms with Crippen molar-refractivity contribution in [2.24, 2.45) is 5.73 Å². The van der Waals surface area contributed by atoms with E-state index in [4.69, 9.17) is 22.1 Å². The van der Waals surface area contributed by atoms with Crippen molar-refractivity contribution in [2.75, 3.05) is 18.1 Å². The van der Waals surface area contributed by atoms with Crippen LogP contribution in [0.3, 0.4) is 0 Å². The molecule has 0 spiro atoms. The van der Waals surface area contributed by atoms with Gasteiger partial charge in [-0.1, -0.05) is 11.6 Å². The summed E-state index contributed by atoms with van der Waals surface area (Å²) >= 11 is 5.92. The lowest BCUT2D eigenvalue weighted by molar-refractivity contribution is -0.117. The van der Waals surface area contributed by atoms with Crippen LogP contribution in [0.25, 0.3) is 0 Å². The van der Waals surface area contributed by atoms with Crippen molar-refractivity contribution in [2.45, 2.75) is 19.4 Å². The molecule has 0 saturated carbocycles. The molecule has 5 heteroatoms. The van der Waals surface area contributed by atoms with E-state index in [1.165, 1.54) is 0 Å². The Morgan fingerprint density at radius 2 is 2.35 bits per heavy atom. The van der Waals surface area contributed by atoms with E-state index in [0.29, 0.717) is 30.3 Å². The molecule has 17 heavy (non-hydrogen) atoms. The molecular formula is C12H15ClN2O2. The van der Waals surface area contributed by atoms with Gasteiger partial charge >= 0.3 is 0 Å². The fraction of sp³-hybridized carbons (Fsp3) is 0.417. The van der Waals surface area contributed by atoms with Crippen molar-refractivity contribution >= 4 is 23.2 Å². The standard InChI is InChI=1S/C12H15ClN2O2/c1-2-17-11-5-8(13)3-4-10(11)15-7-9(14)6-12(15)16/h3-5,9H,2,6-7,14H2,1H3. The van der Waals surface area contributed by atoms with Gasteiger partial charge in [-0.25, -0.2) is 0 Å². The van der Waals surface area contributed by atoms with Crippen molar-refractivity contribution in [1.29, 1.82) is 0 Å². The summed E-state index contributed by atoms with van der Waals surface area (Å²) in [6, 6.07) is 5.16. The zero-order valence-corrected chi connectivity index (χ0v) is 10.4. The van der Waals surface area contributed by atoms with E-state index in [1.807, 2.05) is 6.92 Å². The highest BCUT2D eigenvalue weighted by Gasteiger charge is 2.29. The Hall–Kier alpha value is -1.26. The molecule has 1 atom stereocenters. The zero-order chi connectivity index (χ0) is 12.4. The van der Waals surface area contributed by atoms with Gasteiger partial charge in [0.15, 0.2) is 0 Å². The Labute approximate surface area is 105 Å². The van der Waals surface area contributed by atoms with Gasteiger partial charge in [-0.05, 0) is 19.1 Å². The summed E-state index contributed by atoms with van der Waals surface area (Å²) in [7, 11) is 0. The van der Waals surface area contributed by atoms with Crippen LogP contribution in [0, 0.1) is 0 Å². The monoisotopic (exact) mass is 254 g/mol. The first-order chi connectivity index (χ1) is 8.11. The van der Waals surface area contributed by atoms with Gasteiger partial charge in [-0.2, -0.15) is 0 Å².